The summed E-state index contributed by atoms with van der Waals surface area (Å²) in [5.41, 5.74) is 1.04. The number of hydrogen-bond donors (Lipinski definition) is 1. The molecule has 1 aromatic heterocycles. The van der Waals surface area contributed by atoms with Gasteiger partial charge >= 0.3 is 0 Å². The van der Waals surface area contributed by atoms with Gasteiger partial charge in [0.2, 0.25) is 5.13 Å². The molecule has 1 atom stereocenters. The van der Waals surface area contributed by atoms with Gasteiger partial charge in [-0.05, 0) is 6.92 Å². The van der Waals surface area contributed by atoms with Gasteiger partial charge in [-0.3, -0.25) is 0 Å². The van der Waals surface area contributed by atoms with Crippen molar-refractivity contribution in [1.29, 1.82) is 0 Å². The summed E-state index contributed by atoms with van der Waals surface area (Å²) in [4.78, 5) is 4.43. The van der Waals surface area contributed by atoms with Crippen molar-refractivity contribution in [2.75, 3.05) is 19.0 Å². The molecule has 0 aliphatic heterocycles. The molecule has 0 spiro atoms. The van der Waals surface area contributed by atoms with Crippen LogP contribution in [0.5, 0.6) is 0 Å². The minimum atomic E-state index is 0.166. The molecule has 0 fully saturated rings. The number of aromatic nitrogens is 2. The first kappa shape index (κ1) is 12.0. The van der Waals surface area contributed by atoms with Gasteiger partial charge in [-0.15, -0.1) is 0 Å². The predicted molar refractivity (Wildman–Crippen MR) is 70.3 cm³/mol. The first-order chi connectivity index (χ1) is 8.29. The van der Waals surface area contributed by atoms with Crippen LogP contribution in [-0.2, 0) is 4.74 Å². The number of nitrogens with zero attached hydrogens (tertiary/aromatic N) is 2. The molecule has 5 heteroatoms. The van der Waals surface area contributed by atoms with Gasteiger partial charge in [0.25, 0.3) is 0 Å². The number of methoxy groups -OCH3 is 1. The molecule has 0 saturated carbocycles. The standard InChI is InChI=1S/C12H15N3OS/c1-9(16-2)8-13-12-14-11(15-17-12)10-6-4-3-5-7-10/h3-7,9H,8H2,1-2H3,(H,13,14,15). The Labute approximate surface area is 105 Å². The Bertz CT molecular complexity index is 458. The summed E-state index contributed by atoms with van der Waals surface area (Å²) < 4.78 is 9.47. The summed E-state index contributed by atoms with van der Waals surface area (Å²) in [6.45, 7) is 2.74. The SMILES string of the molecule is COC(C)CNc1nc(-c2ccccc2)ns1. The highest BCUT2D eigenvalue weighted by Gasteiger charge is 2.06. The van der Waals surface area contributed by atoms with Crippen molar-refractivity contribution in [3.8, 4) is 11.4 Å². The average Bonchev–Trinajstić information content (AvgIpc) is 2.86. The minimum Gasteiger partial charge on any atom is -0.380 e. The van der Waals surface area contributed by atoms with E-state index in [1.54, 1.807) is 7.11 Å². The molecule has 0 aliphatic rings. The number of hydrogen-bond acceptors (Lipinski definition) is 5. The van der Waals surface area contributed by atoms with Gasteiger partial charge in [-0.2, -0.15) is 9.36 Å². The van der Waals surface area contributed by atoms with Crippen LogP contribution in [0.15, 0.2) is 30.3 Å². The zero-order valence-electron chi connectivity index (χ0n) is 9.88. The molecule has 1 heterocycles. The summed E-state index contributed by atoms with van der Waals surface area (Å²) in [6.07, 6.45) is 0.166. The summed E-state index contributed by atoms with van der Waals surface area (Å²) in [5, 5.41) is 4.03. The van der Waals surface area contributed by atoms with E-state index in [1.165, 1.54) is 11.5 Å². The third kappa shape index (κ3) is 3.25. The van der Waals surface area contributed by atoms with E-state index in [9.17, 15) is 0 Å². The third-order valence-corrected chi connectivity index (χ3v) is 3.07. The van der Waals surface area contributed by atoms with Crippen LogP contribution in [0.2, 0.25) is 0 Å². The van der Waals surface area contributed by atoms with Crippen molar-refractivity contribution < 1.29 is 4.74 Å². The molecule has 2 rings (SSSR count). The van der Waals surface area contributed by atoms with Crippen LogP contribution in [0.25, 0.3) is 11.4 Å². The van der Waals surface area contributed by atoms with Crippen LogP contribution in [0.1, 0.15) is 6.92 Å². The molecule has 0 aliphatic carbocycles. The van der Waals surface area contributed by atoms with Crippen LogP contribution < -0.4 is 5.32 Å². The van der Waals surface area contributed by atoms with Gasteiger partial charge in [0, 0.05) is 30.8 Å². The fourth-order valence-electron chi connectivity index (χ4n) is 1.31. The number of ether oxygens (including phenoxy) is 1. The zero-order chi connectivity index (χ0) is 12.1. The van der Waals surface area contributed by atoms with E-state index in [-0.39, 0.29) is 6.10 Å². The molecule has 1 aromatic carbocycles. The van der Waals surface area contributed by atoms with E-state index in [0.29, 0.717) is 0 Å². The number of nitrogens with one attached hydrogen (secondary N) is 1. The van der Waals surface area contributed by atoms with Crippen molar-refractivity contribution in [2.45, 2.75) is 13.0 Å². The van der Waals surface area contributed by atoms with Gasteiger partial charge in [-0.25, -0.2) is 0 Å². The lowest BCUT2D eigenvalue weighted by Gasteiger charge is -2.08. The number of anilines is 1. The van der Waals surface area contributed by atoms with Crippen molar-refractivity contribution >= 4 is 16.7 Å². The van der Waals surface area contributed by atoms with Crippen LogP contribution in [-0.4, -0.2) is 29.1 Å². The fraction of sp³-hybridized carbons (Fsp3) is 0.333. The topological polar surface area (TPSA) is 47.0 Å². The van der Waals surface area contributed by atoms with E-state index in [0.717, 1.165) is 23.1 Å². The number of rotatable bonds is 5. The maximum Gasteiger partial charge on any atom is 0.202 e. The Balaban J connectivity index is 2.01. The summed E-state index contributed by atoms with van der Waals surface area (Å²) in [7, 11) is 1.70. The van der Waals surface area contributed by atoms with Crippen LogP contribution in [0.3, 0.4) is 0 Å². The Morgan fingerprint density at radius 3 is 2.82 bits per heavy atom. The Hall–Kier alpha value is -1.46. The quantitative estimate of drug-likeness (QED) is 0.885. The average molecular weight is 249 g/mol. The van der Waals surface area contributed by atoms with Gasteiger partial charge < -0.3 is 10.1 Å². The van der Waals surface area contributed by atoms with E-state index in [1.807, 2.05) is 37.3 Å². The van der Waals surface area contributed by atoms with Crippen molar-refractivity contribution in [1.82, 2.24) is 9.36 Å². The Morgan fingerprint density at radius 1 is 1.35 bits per heavy atom. The van der Waals surface area contributed by atoms with E-state index < -0.39 is 0 Å². The van der Waals surface area contributed by atoms with Gasteiger partial charge in [0.05, 0.1) is 6.10 Å². The molecule has 90 valence electrons. The van der Waals surface area contributed by atoms with Crippen molar-refractivity contribution in [3.05, 3.63) is 30.3 Å². The van der Waals surface area contributed by atoms with E-state index in [2.05, 4.69) is 14.7 Å². The number of benzene rings is 1. The lowest BCUT2D eigenvalue weighted by molar-refractivity contribution is 0.129. The van der Waals surface area contributed by atoms with Gasteiger partial charge in [0.15, 0.2) is 5.82 Å². The fourth-order valence-corrected chi connectivity index (χ4v) is 1.91. The van der Waals surface area contributed by atoms with Gasteiger partial charge in [-0.1, -0.05) is 30.3 Å². The van der Waals surface area contributed by atoms with E-state index in [4.69, 9.17) is 4.74 Å². The lowest BCUT2D eigenvalue weighted by Crippen LogP contribution is -2.17. The van der Waals surface area contributed by atoms with Crippen LogP contribution in [0, 0.1) is 0 Å². The highest BCUT2D eigenvalue weighted by atomic mass is 32.1. The summed E-state index contributed by atoms with van der Waals surface area (Å²) >= 11 is 1.37. The van der Waals surface area contributed by atoms with Crippen LogP contribution in [0.4, 0.5) is 5.13 Å². The monoisotopic (exact) mass is 249 g/mol. The molecular weight excluding hydrogens is 234 g/mol. The van der Waals surface area contributed by atoms with E-state index >= 15 is 0 Å². The molecule has 1 N–H and O–H groups in total. The highest BCUT2D eigenvalue weighted by Crippen LogP contribution is 2.20. The highest BCUT2D eigenvalue weighted by molar-refractivity contribution is 7.09. The molecule has 2 aromatic rings. The molecule has 17 heavy (non-hydrogen) atoms. The summed E-state index contributed by atoms with van der Waals surface area (Å²) in [5.74, 6) is 0.767. The van der Waals surface area contributed by atoms with Crippen molar-refractivity contribution in [2.24, 2.45) is 0 Å². The second-order valence-electron chi connectivity index (χ2n) is 3.72. The minimum absolute atomic E-state index is 0.166. The Morgan fingerprint density at radius 2 is 2.12 bits per heavy atom. The van der Waals surface area contributed by atoms with Crippen molar-refractivity contribution in [3.63, 3.8) is 0 Å². The molecule has 0 bridgehead atoms. The first-order valence-electron chi connectivity index (χ1n) is 5.45. The predicted octanol–water partition coefficient (Wildman–Crippen LogP) is 2.65. The van der Waals surface area contributed by atoms with Crippen LogP contribution >= 0.6 is 11.5 Å². The molecule has 0 amide bonds. The molecule has 0 saturated heterocycles. The second-order valence-corrected chi connectivity index (χ2v) is 4.47. The first-order valence-corrected chi connectivity index (χ1v) is 6.22. The molecule has 0 radical (unpaired) electrons. The normalized spacial score (nSPS) is 12.4. The maximum atomic E-state index is 5.16. The largest absolute Gasteiger partial charge is 0.380 e. The molecular formula is C12H15N3OS. The third-order valence-electron chi connectivity index (χ3n) is 2.40. The molecule has 4 nitrogen and oxygen atoms in total. The summed E-state index contributed by atoms with van der Waals surface area (Å²) in [6, 6.07) is 9.95. The lowest BCUT2D eigenvalue weighted by atomic mass is 10.2. The Kier molecular flexibility index (Phi) is 4.06. The maximum absolute atomic E-state index is 5.16. The zero-order valence-corrected chi connectivity index (χ0v) is 10.7. The smallest absolute Gasteiger partial charge is 0.202 e. The molecule has 1 unspecified atom stereocenters. The van der Waals surface area contributed by atoms with Gasteiger partial charge in [0.1, 0.15) is 0 Å². The second kappa shape index (κ2) is 5.75.